The van der Waals surface area contributed by atoms with E-state index in [0.29, 0.717) is 0 Å². The first-order valence-electron chi connectivity index (χ1n) is 4.59. The molecule has 0 bridgehead atoms. The lowest BCUT2D eigenvalue weighted by Gasteiger charge is -2.37. The molecule has 1 fully saturated rings. The molecule has 3 heteroatoms. The van der Waals surface area contributed by atoms with E-state index in [2.05, 4.69) is 6.92 Å². The van der Waals surface area contributed by atoms with Crippen LogP contribution in [0.15, 0.2) is 0 Å². The topological polar surface area (TPSA) is 49.5 Å². The molecule has 0 saturated carbocycles. The number of hydrogen-bond donors (Lipinski definition) is 2. The Hall–Kier alpha value is -0.120. The van der Waals surface area contributed by atoms with Crippen molar-refractivity contribution in [3.05, 3.63) is 0 Å². The summed E-state index contributed by atoms with van der Waals surface area (Å²) in [5, 5.41) is 11.3. The maximum atomic E-state index is 9.90. The van der Waals surface area contributed by atoms with Crippen LogP contribution in [0.3, 0.4) is 0 Å². The van der Waals surface area contributed by atoms with Gasteiger partial charge in [0.15, 0.2) is 0 Å². The first-order chi connectivity index (χ1) is 5.34. The van der Waals surface area contributed by atoms with Gasteiger partial charge in [0, 0.05) is 11.6 Å². The fraction of sp³-hybridized carbons (Fsp3) is 1.00. The second-order valence-corrected chi connectivity index (χ2v) is 4.65. The Morgan fingerprint density at radius 2 is 2.00 bits per heavy atom. The molecular formula is C9H20N2O. The summed E-state index contributed by atoms with van der Waals surface area (Å²) < 4.78 is 0. The second kappa shape index (κ2) is 2.69. The number of nitrogens with zero attached hydrogens (tertiary/aromatic N) is 1. The summed E-state index contributed by atoms with van der Waals surface area (Å²) in [5.74, 6) is 0. The van der Waals surface area contributed by atoms with Crippen molar-refractivity contribution in [3.63, 3.8) is 0 Å². The minimum atomic E-state index is -0.247. The quantitative estimate of drug-likeness (QED) is 0.628. The van der Waals surface area contributed by atoms with E-state index in [1.54, 1.807) is 0 Å². The molecule has 0 spiro atoms. The Labute approximate surface area is 74.5 Å². The lowest BCUT2D eigenvalue weighted by molar-refractivity contribution is -0.199. The minimum absolute atomic E-state index is 0.0718. The average molecular weight is 172 g/mol. The molecule has 72 valence electrons. The highest BCUT2D eigenvalue weighted by molar-refractivity contribution is 5.06. The molecule has 1 saturated heterocycles. The molecule has 3 N–H and O–H groups in total. The lowest BCUT2D eigenvalue weighted by Crippen LogP contribution is -2.52. The summed E-state index contributed by atoms with van der Waals surface area (Å²) in [4.78, 5) is 0. The molecule has 12 heavy (non-hydrogen) atoms. The van der Waals surface area contributed by atoms with Crippen molar-refractivity contribution in [2.45, 2.75) is 57.7 Å². The highest BCUT2D eigenvalue weighted by Crippen LogP contribution is 2.39. The number of hydroxylamine groups is 2. The van der Waals surface area contributed by atoms with Gasteiger partial charge in [-0.3, -0.25) is 0 Å². The molecule has 1 aliphatic rings. The van der Waals surface area contributed by atoms with Crippen LogP contribution in [0.5, 0.6) is 0 Å². The van der Waals surface area contributed by atoms with Crippen LogP contribution in [0.2, 0.25) is 0 Å². The number of rotatable bonds is 1. The molecule has 0 aromatic rings. The Balaban J connectivity index is 2.92. The van der Waals surface area contributed by atoms with Crippen molar-refractivity contribution in [3.8, 4) is 0 Å². The van der Waals surface area contributed by atoms with Gasteiger partial charge in [0.05, 0.1) is 5.54 Å². The molecule has 2 unspecified atom stereocenters. The highest BCUT2D eigenvalue weighted by Gasteiger charge is 2.51. The van der Waals surface area contributed by atoms with Gasteiger partial charge in [0.25, 0.3) is 0 Å². The van der Waals surface area contributed by atoms with Crippen molar-refractivity contribution < 1.29 is 5.21 Å². The molecule has 0 aliphatic carbocycles. The largest absolute Gasteiger partial charge is 0.326 e. The normalized spacial score (nSPS) is 42.0. The maximum Gasteiger partial charge on any atom is 0.0587 e. The molecule has 3 nitrogen and oxygen atoms in total. The van der Waals surface area contributed by atoms with Gasteiger partial charge in [-0.2, -0.15) is 5.06 Å². The van der Waals surface area contributed by atoms with E-state index < -0.39 is 0 Å². The van der Waals surface area contributed by atoms with Crippen LogP contribution in [0.4, 0.5) is 0 Å². The van der Waals surface area contributed by atoms with E-state index in [1.807, 2.05) is 20.8 Å². The fourth-order valence-electron chi connectivity index (χ4n) is 2.10. The summed E-state index contributed by atoms with van der Waals surface area (Å²) in [5.41, 5.74) is 5.57. The zero-order chi connectivity index (χ0) is 9.57. The Morgan fingerprint density at radius 3 is 2.17 bits per heavy atom. The molecule has 0 radical (unpaired) electrons. The van der Waals surface area contributed by atoms with E-state index in [1.165, 1.54) is 5.06 Å². The summed E-state index contributed by atoms with van der Waals surface area (Å²) in [6.45, 7) is 8.12. The summed E-state index contributed by atoms with van der Waals surface area (Å²) >= 11 is 0. The summed E-state index contributed by atoms with van der Waals surface area (Å²) in [7, 11) is 0. The molecule has 0 aromatic carbocycles. The average Bonchev–Trinajstić information content (AvgIpc) is 2.13. The van der Waals surface area contributed by atoms with Gasteiger partial charge in [-0.15, -0.1) is 0 Å². The first kappa shape index (κ1) is 9.96. The van der Waals surface area contributed by atoms with E-state index in [0.717, 1.165) is 12.8 Å². The zero-order valence-corrected chi connectivity index (χ0v) is 8.46. The number of hydrogen-bond acceptors (Lipinski definition) is 3. The van der Waals surface area contributed by atoms with Crippen molar-refractivity contribution in [2.24, 2.45) is 5.73 Å². The third-order valence-corrected chi connectivity index (χ3v) is 3.29. The van der Waals surface area contributed by atoms with Gasteiger partial charge < -0.3 is 10.9 Å². The Bertz CT molecular complexity index is 181. The third kappa shape index (κ3) is 1.16. The molecular weight excluding hydrogens is 152 g/mol. The van der Waals surface area contributed by atoms with Crippen LogP contribution in [0.25, 0.3) is 0 Å². The van der Waals surface area contributed by atoms with Crippen molar-refractivity contribution in [1.82, 2.24) is 5.06 Å². The molecule has 1 rings (SSSR count). The standard InChI is InChI=1S/C9H20N2O/c1-5-9(4)7(10)6-8(2,3)11(9)12/h7,12H,5-6,10H2,1-4H3. The van der Waals surface area contributed by atoms with Crippen LogP contribution in [-0.2, 0) is 0 Å². The summed E-state index contributed by atoms with van der Waals surface area (Å²) in [6, 6.07) is 0.0718. The van der Waals surface area contributed by atoms with Gasteiger partial charge in [-0.05, 0) is 33.6 Å². The first-order valence-corrected chi connectivity index (χ1v) is 4.59. The van der Waals surface area contributed by atoms with Crippen LogP contribution in [0, 0.1) is 0 Å². The number of nitrogens with two attached hydrogens (primary N) is 1. The maximum absolute atomic E-state index is 9.90. The summed E-state index contributed by atoms with van der Waals surface area (Å²) in [6.07, 6.45) is 1.74. The minimum Gasteiger partial charge on any atom is -0.326 e. The van der Waals surface area contributed by atoms with Gasteiger partial charge in [0.1, 0.15) is 0 Å². The molecule has 2 atom stereocenters. The molecule has 0 amide bonds. The van der Waals surface area contributed by atoms with Crippen LogP contribution in [-0.4, -0.2) is 27.4 Å². The van der Waals surface area contributed by atoms with Crippen LogP contribution >= 0.6 is 0 Å². The van der Waals surface area contributed by atoms with E-state index in [4.69, 9.17) is 5.73 Å². The van der Waals surface area contributed by atoms with Gasteiger partial charge in [0.2, 0.25) is 0 Å². The SMILES string of the molecule is CCC1(C)C(N)CC(C)(C)N1O. The van der Waals surface area contributed by atoms with E-state index >= 15 is 0 Å². The molecule has 1 heterocycles. The predicted molar refractivity (Wildman–Crippen MR) is 49.0 cm³/mol. The Kier molecular flexibility index (Phi) is 2.23. The van der Waals surface area contributed by atoms with Crippen molar-refractivity contribution in [2.75, 3.05) is 0 Å². The molecule has 0 aromatic heterocycles. The van der Waals surface area contributed by atoms with Gasteiger partial charge in [-0.25, -0.2) is 0 Å². The Morgan fingerprint density at radius 1 is 1.50 bits per heavy atom. The second-order valence-electron chi connectivity index (χ2n) is 4.65. The molecule has 1 aliphatic heterocycles. The smallest absolute Gasteiger partial charge is 0.0587 e. The third-order valence-electron chi connectivity index (χ3n) is 3.29. The van der Waals surface area contributed by atoms with Gasteiger partial charge >= 0.3 is 0 Å². The lowest BCUT2D eigenvalue weighted by atomic mass is 9.91. The van der Waals surface area contributed by atoms with Crippen LogP contribution < -0.4 is 5.73 Å². The predicted octanol–water partition coefficient (Wildman–Crippen LogP) is 1.36. The fourth-order valence-corrected chi connectivity index (χ4v) is 2.10. The van der Waals surface area contributed by atoms with E-state index in [-0.39, 0.29) is 17.1 Å². The zero-order valence-electron chi connectivity index (χ0n) is 8.46. The van der Waals surface area contributed by atoms with E-state index in [9.17, 15) is 5.21 Å². The van der Waals surface area contributed by atoms with Crippen molar-refractivity contribution in [1.29, 1.82) is 0 Å². The van der Waals surface area contributed by atoms with Gasteiger partial charge in [-0.1, -0.05) is 6.92 Å². The monoisotopic (exact) mass is 172 g/mol. The van der Waals surface area contributed by atoms with Crippen LogP contribution in [0.1, 0.15) is 40.5 Å². The highest BCUT2D eigenvalue weighted by atomic mass is 16.5. The van der Waals surface area contributed by atoms with Crippen molar-refractivity contribution >= 4 is 0 Å².